The van der Waals surface area contributed by atoms with Gasteiger partial charge in [0, 0.05) is 12.4 Å². The predicted molar refractivity (Wildman–Crippen MR) is 104 cm³/mol. The average Bonchev–Trinajstić information content (AvgIpc) is 3.09. The summed E-state index contributed by atoms with van der Waals surface area (Å²) in [5.74, 6) is 0.426. The van der Waals surface area contributed by atoms with Crippen molar-refractivity contribution >= 4 is 34.9 Å². The van der Waals surface area contributed by atoms with Gasteiger partial charge in [-0.1, -0.05) is 29.3 Å². The standard InChI is InChI=1S/C18H16Cl2N6O/c1-10-8-21-9-15(22-10)26-14-6-7-25(11(2)17(14)23-24-26)18(27)12-4-3-5-13(19)16(12)20/h3-9,11,23-24H,1-2H3. The summed E-state index contributed by atoms with van der Waals surface area (Å²) < 4.78 is 0. The number of hydrazine groups is 2. The lowest BCUT2D eigenvalue weighted by Crippen LogP contribution is -2.42. The number of halogens is 2. The Balaban J connectivity index is 1.63. The largest absolute Gasteiger partial charge is 0.306 e. The Morgan fingerprint density at radius 1 is 1.26 bits per heavy atom. The van der Waals surface area contributed by atoms with Crippen LogP contribution in [0.15, 0.2) is 54.3 Å². The third kappa shape index (κ3) is 3.03. The summed E-state index contributed by atoms with van der Waals surface area (Å²) in [6.07, 6.45) is 6.92. The minimum atomic E-state index is -0.247. The van der Waals surface area contributed by atoms with Crippen molar-refractivity contribution in [2.45, 2.75) is 19.9 Å². The van der Waals surface area contributed by atoms with Crippen LogP contribution >= 0.6 is 23.2 Å². The van der Waals surface area contributed by atoms with Gasteiger partial charge >= 0.3 is 0 Å². The van der Waals surface area contributed by atoms with Gasteiger partial charge in [-0.25, -0.2) is 9.99 Å². The van der Waals surface area contributed by atoms with E-state index in [1.807, 2.05) is 19.9 Å². The van der Waals surface area contributed by atoms with Crippen molar-refractivity contribution in [3.05, 3.63) is 75.6 Å². The van der Waals surface area contributed by atoms with Crippen LogP contribution in [-0.4, -0.2) is 26.8 Å². The van der Waals surface area contributed by atoms with Gasteiger partial charge in [-0.2, -0.15) is 0 Å². The maximum Gasteiger partial charge on any atom is 0.259 e. The highest BCUT2D eigenvalue weighted by atomic mass is 35.5. The van der Waals surface area contributed by atoms with Crippen molar-refractivity contribution in [3.63, 3.8) is 0 Å². The summed E-state index contributed by atoms with van der Waals surface area (Å²) in [7, 11) is 0. The number of anilines is 1. The number of carbonyl (C=O) groups is 1. The average molecular weight is 403 g/mol. The van der Waals surface area contributed by atoms with Crippen LogP contribution in [0.5, 0.6) is 0 Å². The Morgan fingerprint density at radius 2 is 2.07 bits per heavy atom. The Labute approximate surface area is 166 Å². The molecule has 0 spiro atoms. The predicted octanol–water partition coefficient (Wildman–Crippen LogP) is 3.19. The topological polar surface area (TPSA) is 73.4 Å². The van der Waals surface area contributed by atoms with Gasteiger partial charge in [0.2, 0.25) is 0 Å². The van der Waals surface area contributed by atoms with E-state index in [0.717, 1.165) is 17.1 Å². The highest BCUT2D eigenvalue weighted by molar-refractivity contribution is 6.43. The SMILES string of the molecule is Cc1cncc(N2NNC3=C2C=CN(C(=O)c2cccc(Cl)c2Cl)C3C)n1. The van der Waals surface area contributed by atoms with Gasteiger partial charge in [0.1, 0.15) is 0 Å². The molecule has 27 heavy (non-hydrogen) atoms. The van der Waals surface area contributed by atoms with E-state index in [1.54, 1.807) is 46.7 Å². The third-order valence-electron chi connectivity index (χ3n) is 4.44. The zero-order chi connectivity index (χ0) is 19.1. The molecule has 1 unspecified atom stereocenters. The number of aromatic nitrogens is 2. The van der Waals surface area contributed by atoms with Gasteiger partial charge in [-0.3, -0.25) is 9.78 Å². The first-order chi connectivity index (χ1) is 13.0. The van der Waals surface area contributed by atoms with Crippen molar-refractivity contribution < 1.29 is 4.79 Å². The molecule has 138 valence electrons. The monoisotopic (exact) mass is 402 g/mol. The molecule has 2 N–H and O–H groups in total. The molecule has 1 amide bonds. The third-order valence-corrected chi connectivity index (χ3v) is 5.25. The molecule has 2 aliphatic rings. The summed E-state index contributed by atoms with van der Waals surface area (Å²) in [6, 6.07) is 4.77. The molecule has 1 atom stereocenters. The van der Waals surface area contributed by atoms with E-state index in [1.165, 1.54) is 0 Å². The fraction of sp³-hybridized carbons (Fsp3) is 0.167. The number of benzene rings is 1. The van der Waals surface area contributed by atoms with E-state index >= 15 is 0 Å². The van der Waals surface area contributed by atoms with Crippen molar-refractivity contribution in [3.8, 4) is 0 Å². The first-order valence-electron chi connectivity index (χ1n) is 8.27. The Kier molecular flexibility index (Phi) is 4.51. The number of hydrogen-bond donors (Lipinski definition) is 2. The maximum atomic E-state index is 13.0. The molecule has 9 heteroatoms. The number of carbonyl (C=O) groups excluding carboxylic acids is 1. The molecule has 0 saturated heterocycles. The fourth-order valence-electron chi connectivity index (χ4n) is 3.05. The van der Waals surface area contributed by atoms with Crippen LogP contribution in [0.3, 0.4) is 0 Å². The van der Waals surface area contributed by atoms with Gasteiger partial charge in [0.05, 0.1) is 44.9 Å². The minimum Gasteiger partial charge on any atom is -0.306 e. The lowest BCUT2D eigenvalue weighted by molar-refractivity contribution is 0.0790. The second-order valence-corrected chi connectivity index (χ2v) is 6.98. The molecular weight excluding hydrogens is 387 g/mol. The fourth-order valence-corrected chi connectivity index (χ4v) is 3.43. The number of amides is 1. The molecule has 0 radical (unpaired) electrons. The first kappa shape index (κ1) is 17.8. The number of allylic oxidation sites excluding steroid dienone is 1. The van der Waals surface area contributed by atoms with Crippen LogP contribution in [0.1, 0.15) is 23.0 Å². The summed E-state index contributed by atoms with van der Waals surface area (Å²) in [6.45, 7) is 3.80. The van der Waals surface area contributed by atoms with E-state index in [-0.39, 0.29) is 17.0 Å². The molecule has 1 aromatic carbocycles. The molecular formula is C18H16Cl2N6O. The molecule has 0 fully saturated rings. The van der Waals surface area contributed by atoms with Crippen LogP contribution in [0, 0.1) is 6.92 Å². The number of rotatable bonds is 2. The number of nitrogens with one attached hydrogen (secondary N) is 2. The van der Waals surface area contributed by atoms with E-state index in [2.05, 4.69) is 20.9 Å². The first-order valence-corrected chi connectivity index (χ1v) is 9.02. The quantitative estimate of drug-likeness (QED) is 0.803. The second kappa shape index (κ2) is 6.84. The smallest absolute Gasteiger partial charge is 0.259 e. The van der Waals surface area contributed by atoms with E-state index < -0.39 is 0 Å². The van der Waals surface area contributed by atoms with Gasteiger partial charge in [0.25, 0.3) is 5.91 Å². The summed E-state index contributed by atoms with van der Waals surface area (Å²) in [5, 5.41) is 2.39. The van der Waals surface area contributed by atoms with Crippen molar-refractivity contribution in [2.24, 2.45) is 0 Å². The van der Waals surface area contributed by atoms with Crippen LogP contribution in [0.25, 0.3) is 0 Å². The Hall–Kier alpha value is -2.61. The molecule has 4 rings (SSSR count). The number of hydrogen-bond acceptors (Lipinski definition) is 6. The van der Waals surface area contributed by atoms with Crippen LogP contribution in [0.4, 0.5) is 5.82 Å². The molecule has 0 saturated carbocycles. The molecule has 2 aromatic rings. The second-order valence-electron chi connectivity index (χ2n) is 6.20. The number of aryl methyl sites for hydroxylation is 1. The Morgan fingerprint density at radius 3 is 2.85 bits per heavy atom. The number of nitrogens with zero attached hydrogens (tertiary/aromatic N) is 4. The van der Waals surface area contributed by atoms with Gasteiger partial charge in [0.15, 0.2) is 5.82 Å². The van der Waals surface area contributed by atoms with Gasteiger partial charge in [-0.05, 0) is 32.1 Å². The van der Waals surface area contributed by atoms with Crippen LogP contribution < -0.4 is 16.0 Å². The van der Waals surface area contributed by atoms with Crippen LogP contribution in [0.2, 0.25) is 10.0 Å². The van der Waals surface area contributed by atoms with Crippen LogP contribution in [-0.2, 0) is 0 Å². The normalized spacial score (nSPS) is 18.6. The minimum absolute atomic E-state index is 0.228. The molecule has 0 bridgehead atoms. The van der Waals surface area contributed by atoms with E-state index in [4.69, 9.17) is 23.2 Å². The summed E-state index contributed by atoms with van der Waals surface area (Å²) in [5.41, 5.74) is 9.06. The molecule has 7 nitrogen and oxygen atoms in total. The van der Waals surface area contributed by atoms with Gasteiger partial charge < -0.3 is 10.3 Å². The lowest BCUT2D eigenvalue weighted by atomic mass is 10.1. The summed E-state index contributed by atoms with van der Waals surface area (Å²) in [4.78, 5) is 23.3. The van der Waals surface area contributed by atoms with Crippen molar-refractivity contribution in [2.75, 3.05) is 5.01 Å². The van der Waals surface area contributed by atoms with Crippen molar-refractivity contribution in [1.29, 1.82) is 0 Å². The van der Waals surface area contributed by atoms with Crippen molar-refractivity contribution in [1.82, 2.24) is 25.8 Å². The molecule has 3 heterocycles. The molecule has 2 aliphatic heterocycles. The highest BCUT2D eigenvalue weighted by Crippen LogP contribution is 2.31. The Bertz CT molecular complexity index is 990. The highest BCUT2D eigenvalue weighted by Gasteiger charge is 2.34. The lowest BCUT2D eigenvalue weighted by Gasteiger charge is -2.30. The zero-order valence-corrected chi connectivity index (χ0v) is 16.1. The summed E-state index contributed by atoms with van der Waals surface area (Å²) >= 11 is 12.3. The molecule has 0 aliphatic carbocycles. The maximum absolute atomic E-state index is 13.0. The van der Waals surface area contributed by atoms with E-state index in [9.17, 15) is 4.79 Å². The zero-order valence-electron chi connectivity index (χ0n) is 14.6. The molecule has 1 aromatic heterocycles. The van der Waals surface area contributed by atoms with Gasteiger partial charge in [-0.15, -0.1) is 5.53 Å². The van der Waals surface area contributed by atoms with E-state index in [0.29, 0.717) is 16.4 Å².